The van der Waals surface area contributed by atoms with E-state index in [0.717, 1.165) is 58.5 Å². The number of carbonyl (C=O) groups excluding carboxylic acids is 1. The van der Waals surface area contributed by atoms with E-state index < -0.39 is 0 Å². The number of imidazole rings is 1. The highest BCUT2D eigenvalue weighted by molar-refractivity contribution is 5.92. The van der Waals surface area contributed by atoms with E-state index in [1.165, 1.54) is 0 Å². The van der Waals surface area contributed by atoms with Crippen molar-refractivity contribution in [3.8, 4) is 33.6 Å². The summed E-state index contributed by atoms with van der Waals surface area (Å²) < 4.78 is 2.04. The van der Waals surface area contributed by atoms with Crippen LogP contribution in [0.5, 0.6) is 0 Å². The number of tetrazole rings is 1. The average Bonchev–Trinajstić information content (AvgIpc) is 3.63. The predicted octanol–water partition coefficient (Wildman–Crippen LogP) is 5.54. The smallest absolute Gasteiger partial charge is 0.269 e. The van der Waals surface area contributed by atoms with Crippen LogP contribution in [0.4, 0.5) is 0 Å². The monoisotopic (exact) mass is 505 g/mol. The third-order valence-corrected chi connectivity index (χ3v) is 6.58. The van der Waals surface area contributed by atoms with Gasteiger partial charge in [0.1, 0.15) is 11.5 Å². The van der Waals surface area contributed by atoms with Crippen LogP contribution in [-0.4, -0.2) is 42.6 Å². The van der Waals surface area contributed by atoms with Crippen LogP contribution in [0.25, 0.3) is 33.6 Å². The Morgan fingerprint density at radius 2 is 1.71 bits per heavy atom. The predicted molar refractivity (Wildman–Crippen MR) is 148 cm³/mol. The Hall–Kier alpha value is -4.59. The van der Waals surface area contributed by atoms with Gasteiger partial charge in [0.25, 0.3) is 5.91 Å². The molecular weight excluding hydrogens is 474 g/mol. The molecule has 2 heterocycles. The summed E-state index contributed by atoms with van der Waals surface area (Å²) in [6, 6.07) is 25.0. The van der Waals surface area contributed by atoms with Gasteiger partial charge in [-0.25, -0.2) is 4.98 Å². The first-order chi connectivity index (χ1) is 18.7. The highest BCUT2D eigenvalue weighted by atomic mass is 16.1. The van der Waals surface area contributed by atoms with Gasteiger partial charge in [-0.3, -0.25) is 4.79 Å². The fraction of sp³-hybridized carbons (Fsp3) is 0.233. The molecule has 5 aromatic rings. The molecule has 192 valence electrons. The summed E-state index contributed by atoms with van der Waals surface area (Å²) in [7, 11) is 0. The molecule has 0 bridgehead atoms. The Bertz CT molecular complexity index is 1490. The molecule has 3 aromatic carbocycles. The van der Waals surface area contributed by atoms with E-state index in [9.17, 15) is 4.79 Å². The molecule has 0 radical (unpaired) electrons. The van der Waals surface area contributed by atoms with Gasteiger partial charge in [0, 0.05) is 25.1 Å². The molecule has 0 atom stereocenters. The van der Waals surface area contributed by atoms with E-state index in [0.29, 0.717) is 24.6 Å². The number of amides is 1. The number of aromatic nitrogens is 6. The van der Waals surface area contributed by atoms with Crippen molar-refractivity contribution in [2.24, 2.45) is 0 Å². The molecule has 38 heavy (non-hydrogen) atoms. The van der Waals surface area contributed by atoms with E-state index in [1.807, 2.05) is 35.8 Å². The summed E-state index contributed by atoms with van der Waals surface area (Å²) in [4.78, 5) is 17.3. The number of H-pyrrole nitrogens is 1. The quantitative estimate of drug-likeness (QED) is 0.260. The number of aryl methyl sites for hydroxylation is 1. The van der Waals surface area contributed by atoms with Crippen molar-refractivity contribution in [3.05, 3.63) is 96.1 Å². The van der Waals surface area contributed by atoms with Gasteiger partial charge >= 0.3 is 0 Å². The van der Waals surface area contributed by atoms with Gasteiger partial charge in [0.05, 0.1) is 6.20 Å². The van der Waals surface area contributed by atoms with Crippen molar-refractivity contribution in [1.82, 2.24) is 35.5 Å². The Balaban J connectivity index is 1.49. The molecule has 0 saturated carbocycles. The first kappa shape index (κ1) is 25.1. The molecule has 0 aliphatic rings. The minimum Gasteiger partial charge on any atom is -0.351 e. The van der Waals surface area contributed by atoms with Crippen molar-refractivity contribution in [2.75, 3.05) is 6.54 Å². The van der Waals surface area contributed by atoms with Gasteiger partial charge in [0.2, 0.25) is 5.82 Å². The minimum atomic E-state index is -0.0955. The summed E-state index contributed by atoms with van der Waals surface area (Å²) >= 11 is 0. The normalized spacial score (nSPS) is 11.0. The Kier molecular flexibility index (Phi) is 7.68. The molecule has 0 aliphatic carbocycles. The van der Waals surface area contributed by atoms with Crippen molar-refractivity contribution < 1.29 is 4.79 Å². The Morgan fingerprint density at radius 1 is 0.921 bits per heavy atom. The maximum atomic E-state index is 12.7. The summed E-state index contributed by atoms with van der Waals surface area (Å²) in [5, 5.41) is 17.7. The van der Waals surface area contributed by atoms with Crippen LogP contribution < -0.4 is 5.32 Å². The highest BCUT2D eigenvalue weighted by Gasteiger charge is 2.17. The lowest BCUT2D eigenvalue weighted by atomic mass is 9.93. The summed E-state index contributed by atoms with van der Waals surface area (Å²) in [6.07, 6.45) is 4.63. The van der Waals surface area contributed by atoms with Crippen LogP contribution in [0, 0.1) is 0 Å². The molecular formula is C30H31N7O. The molecule has 0 aliphatic heterocycles. The van der Waals surface area contributed by atoms with Crippen molar-refractivity contribution in [2.45, 2.75) is 39.7 Å². The number of nitrogens with zero attached hydrogens (tertiary/aromatic N) is 5. The maximum absolute atomic E-state index is 12.7. The van der Waals surface area contributed by atoms with Crippen molar-refractivity contribution >= 4 is 5.91 Å². The van der Waals surface area contributed by atoms with Crippen molar-refractivity contribution in [1.29, 1.82) is 0 Å². The number of aromatic amines is 1. The Morgan fingerprint density at radius 3 is 2.42 bits per heavy atom. The second kappa shape index (κ2) is 11.6. The zero-order valence-corrected chi connectivity index (χ0v) is 21.7. The van der Waals surface area contributed by atoms with Crippen LogP contribution in [-0.2, 0) is 13.0 Å². The summed E-state index contributed by atoms with van der Waals surface area (Å²) in [6.45, 7) is 5.23. The van der Waals surface area contributed by atoms with Gasteiger partial charge < -0.3 is 9.88 Å². The van der Waals surface area contributed by atoms with Crippen LogP contribution in [0.15, 0.2) is 79.0 Å². The lowest BCUT2D eigenvalue weighted by Gasteiger charge is -2.14. The molecule has 8 nitrogen and oxygen atoms in total. The van der Waals surface area contributed by atoms with Gasteiger partial charge in [-0.1, -0.05) is 74.0 Å². The van der Waals surface area contributed by atoms with Gasteiger partial charge in [0.15, 0.2) is 0 Å². The topological polar surface area (TPSA) is 101 Å². The average molecular weight is 506 g/mol. The van der Waals surface area contributed by atoms with E-state index in [-0.39, 0.29) is 5.91 Å². The van der Waals surface area contributed by atoms with E-state index >= 15 is 0 Å². The first-order valence-corrected chi connectivity index (χ1v) is 13.0. The summed E-state index contributed by atoms with van der Waals surface area (Å²) in [5.74, 6) is 1.39. The molecule has 0 saturated heterocycles. The SMILES string of the molecule is CCCCc1ncc(C(=O)NCC)n1Cc1ccc(-c2cc(-c3ccccc3)ccc2-c2nn[nH]n2)cc1. The second-order valence-electron chi connectivity index (χ2n) is 9.17. The molecule has 0 unspecified atom stereocenters. The number of unbranched alkanes of at least 4 members (excludes halogenated alkanes) is 1. The molecule has 8 heteroatoms. The van der Waals surface area contributed by atoms with E-state index in [4.69, 9.17) is 0 Å². The number of hydrogen-bond acceptors (Lipinski definition) is 5. The maximum Gasteiger partial charge on any atom is 0.269 e. The largest absolute Gasteiger partial charge is 0.351 e. The van der Waals surface area contributed by atoms with Crippen LogP contribution in [0.1, 0.15) is 48.6 Å². The third kappa shape index (κ3) is 5.39. The third-order valence-electron chi connectivity index (χ3n) is 6.58. The fourth-order valence-corrected chi connectivity index (χ4v) is 4.59. The minimum absolute atomic E-state index is 0.0955. The number of nitrogens with one attached hydrogen (secondary N) is 2. The Labute approximate surface area is 222 Å². The highest BCUT2D eigenvalue weighted by Crippen LogP contribution is 2.34. The number of rotatable bonds is 10. The molecule has 0 fully saturated rings. The van der Waals surface area contributed by atoms with Gasteiger partial charge in [-0.05, 0) is 58.5 Å². The van der Waals surface area contributed by atoms with E-state index in [2.05, 4.69) is 86.4 Å². The number of benzene rings is 3. The molecule has 2 N–H and O–H groups in total. The zero-order valence-electron chi connectivity index (χ0n) is 21.7. The molecule has 1 amide bonds. The summed E-state index contributed by atoms with van der Waals surface area (Å²) in [5.41, 5.74) is 6.92. The standard InChI is InChI=1S/C30H31N7O/c1-3-5-11-28-32-19-27(30(38)31-4-2)37(28)20-21-12-14-23(15-13-21)26-18-24(22-9-7-6-8-10-22)16-17-25(26)29-33-35-36-34-29/h6-10,12-19H,3-5,11,20H2,1-2H3,(H,31,38)(H,33,34,35,36). The molecule has 2 aromatic heterocycles. The lowest BCUT2D eigenvalue weighted by Crippen LogP contribution is -2.26. The lowest BCUT2D eigenvalue weighted by molar-refractivity contribution is 0.0946. The van der Waals surface area contributed by atoms with Crippen LogP contribution >= 0.6 is 0 Å². The van der Waals surface area contributed by atoms with Crippen LogP contribution in [0.3, 0.4) is 0 Å². The fourth-order valence-electron chi connectivity index (χ4n) is 4.59. The number of carbonyl (C=O) groups is 1. The van der Waals surface area contributed by atoms with Crippen LogP contribution in [0.2, 0.25) is 0 Å². The van der Waals surface area contributed by atoms with Gasteiger partial charge in [-0.2, -0.15) is 5.21 Å². The zero-order chi connectivity index (χ0) is 26.3. The number of hydrogen-bond donors (Lipinski definition) is 2. The van der Waals surface area contributed by atoms with Gasteiger partial charge in [-0.15, -0.1) is 10.2 Å². The molecule has 0 spiro atoms. The second-order valence-corrected chi connectivity index (χ2v) is 9.17. The van der Waals surface area contributed by atoms with Crippen molar-refractivity contribution in [3.63, 3.8) is 0 Å². The first-order valence-electron chi connectivity index (χ1n) is 13.0. The molecule has 5 rings (SSSR count). The van der Waals surface area contributed by atoms with E-state index in [1.54, 1.807) is 6.20 Å².